The predicted molar refractivity (Wildman–Crippen MR) is 69.6 cm³/mol. The number of carboxylic acids is 1. The first-order valence-corrected chi connectivity index (χ1v) is 6.62. The number of nitrogens with zero attached hydrogens (tertiary/aromatic N) is 1. The molecule has 0 aromatic heterocycles. The molecule has 1 unspecified atom stereocenters. The van der Waals surface area contributed by atoms with Crippen LogP contribution in [0.4, 0.5) is 17.6 Å². The molecule has 0 saturated carbocycles. The summed E-state index contributed by atoms with van der Waals surface area (Å²) in [6.07, 6.45) is -4.87. The Bertz CT molecular complexity index is 619. The van der Waals surface area contributed by atoms with Crippen molar-refractivity contribution >= 4 is 11.9 Å². The summed E-state index contributed by atoms with van der Waals surface area (Å²) in [4.78, 5) is 23.6. The molecule has 23 heavy (non-hydrogen) atoms. The number of ether oxygens (including phenoxy) is 1. The number of likely N-dealkylation sites (tertiary alicyclic amines) is 1. The smallest absolute Gasteiger partial charge is 0.416 e. The standard InChI is InChI=1S/C14H13F4NO4/c15-13(12(21)22)4-5-19(8-13)11(20)7-23-10-3-1-2-9(6-10)14(16,17)18/h1-3,6H,4-5,7-8H2,(H,21,22). The van der Waals surface area contributed by atoms with Crippen molar-refractivity contribution in [1.82, 2.24) is 4.90 Å². The molecule has 1 saturated heterocycles. The maximum absolute atomic E-state index is 13.8. The Hall–Kier alpha value is -2.32. The third kappa shape index (κ3) is 3.91. The van der Waals surface area contributed by atoms with Gasteiger partial charge in [-0.2, -0.15) is 13.2 Å². The average Bonchev–Trinajstić information content (AvgIpc) is 2.88. The average molecular weight is 335 g/mol. The lowest BCUT2D eigenvalue weighted by molar-refractivity contribution is -0.150. The first kappa shape index (κ1) is 17.0. The van der Waals surface area contributed by atoms with Gasteiger partial charge in [-0.15, -0.1) is 0 Å². The van der Waals surface area contributed by atoms with Crippen LogP contribution in [0.25, 0.3) is 0 Å². The summed E-state index contributed by atoms with van der Waals surface area (Å²) < 4.78 is 56.5. The van der Waals surface area contributed by atoms with Crippen molar-refractivity contribution in [3.63, 3.8) is 0 Å². The van der Waals surface area contributed by atoms with Gasteiger partial charge in [-0.1, -0.05) is 6.07 Å². The van der Waals surface area contributed by atoms with Gasteiger partial charge in [-0.25, -0.2) is 9.18 Å². The second-order valence-corrected chi connectivity index (χ2v) is 5.15. The number of aliphatic carboxylic acids is 1. The van der Waals surface area contributed by atoms with Crippen LogP contribution in [0.1, 0.15) is 12.0 Å². The highest BCUT2D eigenvalue weighted by molar-refractivity contribution is 5.83. The summed E-state index contributed by atoms with van der Waals surface area (Å²) in [5.41, 5.74) is -3.41. The molecule has 1 amide bonds. The Balaban J connectivity index is 1.94. The van der Waals surface area contributed by atoms with Crippen LogP contribution in [0.2, 0.25) is 0 Å². The number of carbonyl (C=O) groups is 2. The summed E-state index contributed by atoms with van der Waals surface area (Å²) in [5.74, 6) is -2.49. The lowest BCUT2D eigenvalue weighted by Crippen LogP contribution is -2.40. The number of carbonyl (C=O) groups excluding carboxylic acids is 1. The molecule has 0 bridgehead atoms. The van der Waals surface area contributed by atoms with Crippen LogP contribution in [0.3, 0.4) is 0 Å². The number of carboxylic acid groups (broad SMARTS) is 1. The molecule has 126 valence electrons. The topological polar surface area (TPSA) is 66.8 Å². The molecule has 0 spiro atoms. The monoisotopic (exact) mass is 335 g/mol. The van der Waals surface area contributed by atoms with Gasteiger partial charge in [-0.3, -0.25) is 4.79 Å². The summed E-state index contributed by atoms with van der Waals surface area (Å²) in [6.45, 7) is -1.29. The van der Waals surface area contributed by atoms with Crippen LogP contribution in [0.15, 0.2) is 24.3 Å². The highest BCUT2D eigenvalue weighted by Gasteiger charge is 2.46. The molecule has 1 N–H and O–H groups in total. The Morgan fingerprint density at radius 1 is 1.35 bits per heavy atom. The summed E-state index contributed by atoms with van der Waals surface area (Å²) in [7, 11) is 0. The number of hydrogen-bond acceptors (Lipinski definition) is 3. The van der Waals surface area contributed by atoms with Crippen LogP contribution < -0.4 is 4.74 Å². The van der Waals surface area contributed by atoms with Crippen molar-refractivity contribution < 1.29 is 37.0 Å². The molecule has 1 atom stereocenters. The van der Waals surface area contributed by atoms with E-state index in [0.717, 1.165) is 23.1 Å². The van der Waals surface area contributed by atoms with Crippen LogP contribution in [-0.4, -0.2) is 47.2 Å². The molecule has 1 aromatic rings. The van der Waals surface area contributed by atoms with Gasteiger partial charge >= 0.3 is 12.1 Å². The highest BCUT2D eigenvalue weighted by Crippen LogP contribution is 2.31. The highest BCUT2D eigenvalue weighted by atomic mass is 19.4. The number of rotatable bonds is 4. The molecule has 2 rings (SSSR count). The fourth-order valence-corrected chi connectivity index (χ4v) is 2.16. The van der Waals surface area contributed by atoms with Gasteiger partial charge in [0, 0.05) is 13.0 Å². The molecule has 0 radical (unpaired) electrons. The Labute approximate surface area is 128 Å². The number of hydrogen-bond donors (Lipinski definition) is 1. The summed E-state index contributed by atoms with van der Waals surface area (Å²) in [6, 6.07) is 3.99. The maximum Gasteiger partial charge on any atom is 0.416 e. The van der Waals surface area contributed by atoms with Crippen molar-refractivity contribution in [2.45, 2.75) is 18.3 Å². The number of alkyl halides is 4. The number of amides is 1. The van der Waals surface area contributed by atoms with E-state index in [1.165, 1.54) is 6.07 Å². The zero-order valence-corrected chi connectivity index (χ0v) is 11.8. The van der Waals surface area contributed by atoms with Crippen LogP contribution in [0, 0.1) is 0 Å². The molecule has 5 nitrogen and oxygen atoms in total. The minimum absolute atomic E-state index is 0.0897. The van der Waals surface area contributed by atoms with E-state index < -0.39 is 42.4 Å². The SMILES string of the molecule is O=C(COc1cccc(C(F)(F)F)c1)N1CCC(F)(C(=O)O)C1. The molecule has 9 heteroatoms. The van der Waals surface area contributed by atoms with E-state index in [4.69, 9.17) is 9.84 Å². The molecule has 1 aliphatic heterocycles. The van der Waals surface area contributed by atoms with Gasteiger partial charge < -0.3 is 14.7 Å². The molecular weight excluding hydrogens is 322 g/mol. The van der Waals surface area contributed by atoms with Gasteiger partial charge in [0.1, 0.15) is 5.75 Å². The summed E-state index contributed by atoms with van der Waals surface area (Å²) in [5, 5.41) is 8.74. The maximum atomic E-state index is 13.8. The Morgan fingerprint density at radius 3 is 2.61 bits per heavy atom. The largest absolute Gasteiger partial charge is 0.484 e. The molecule has 0 aliphatic carbocycles. The van der Waals surface area contributed by atoms with Gasteiger partial charge in [-0.05, 0) is 18.2 Å². The zero-order valence-electron chi connectivity index (χ0n) is 11.8. The van der Waals surface area contributed by atoms with Gasteiger partial charge in [0.05, 0.1) is 12.1 Å². The minimum Gasteiger partial charge on any atom is -0.484 e. The molecule has 1 aromatic carbocycles. The second kappa shape index (κ2) is 6.05. The van der Waals surface area contributed by atoms with Gasteiger partial charge in [0.2, 0.25) is 5.67 Å². The normalized spacial score (nSPS) is 21.3. The first-order chi connectivity index (χ1) is 10.6. The second-order valence-electron chi connectivity index (χ2n) is 5.15. The van der Waals surface area contributed by atoms with Crippen molar-refractivity contribution in [2.75, 3.05) is 19.7 Å². The fraction of sp³-hybridized carbons (Fsp3) is 0.429. The van der Waals surface area contributed by atoms with E-state index in [9.17, 15) is 27.2 Å². The van der Waals surface area contributed by atoms with Crippen molar-refractivity contribution in [3.8, 4) is 5.75 Å². The lowest BCUT2D eigenvalue weighted by Gasteiger charge is -2.18. The summed E-state index contributed by atoms with van der Waals surface area (Å²) >= 11 is 0. The van der Waals surface area contributed by atoms with E-state index in [1.807, 2.05) is 0 Å². The molecule has 1 fully saturated rings. The minimum atomic E-state index is -4.53. The fourth-order valence-electron chi connectivity index (χ4n) is 2.16. The van der Waals surface area contributed by atoms with E-state index in [-0.39, 0.29) is 18.7 Å². The van der Waals surface area contributed by atoms with Crippen molar-refractivity contribution in [2.24, 2.45) is 0 Å². The Kier molecular flexibility index (Phi) is 4.49. The third-order valence-corrected chi connectivity index (χ3v) is 3.48. The van der Waals surface area contributed by atoms with E-state index in [1.54, 1.807) is 0 Å². The van der Waals surface area contributed by atoms with Crippen LogP contribution >= 0.6 is 0 Å². The molecular formula is C14H13F4NO4. The quantitative estimate of drug-likeness (QED) is 0.856. The van der Waals surface area contributed by atoms with Gasteiger partial charge in [0.15, 0.2) is 6.61 Å². The number of benzene rings is 1. The van der Waals surface area contributed by atoms with Gasteiger partial charge in [0.25, 0.3) is 5.91 Å². The zero-order chi connectivity index (χ0) is 17.3. The van der Waals surface area contributed by atoms with E-state index >= 15 is 0 Å². The van der Waals surface area contributed by atoms with E-state index in [0.29, 0.717) is 0 Å². The van der Waals surface area contributed by atoms with E-state index in [2.05, 4.69) is 0 Å². The molecule has 1 heterocycles. The van der Waals surface area contributed by atoms with Crippen LogP contribution in [0.5, 0.6) is 5.75 Å². The predicted octanol–water partition coefficient (Wildman–Crippen LogP) is 2.11. The first-order valence-electron chi connectivity index (χ1n) is 6.62. The van der Waals surface area contributed by atoms with Crippen molar-refractivity contribution in [3.05, 3.63) is 29.8 Å². The lowest BCUT2D eigenvalue weighted by atomic mass is 10.1. The Morgan fingerprint density at radius 2 is 2.04 bits per heavy atom. The molecule has 1 aliphatic rings. The van der Waals surface area contributed by atoms with Crippen LogP contribution in [-0.2, 0) is 15.8 Å². The van der Waals surface area contributed by atoms with Crippen molar-refractivity contribution in [1.29, 1.82) is 0 Å². The third-order valence-electron chi connectivity index (χ3n) is 3.48. The number of halogens is 4.